The molecule has 0 radical (unpaired) electrons. The number of hydrogen-bond donors (Lipinski definition) is 0. The van der Waals surface area contributed by atoms with E-state index in [0.29, 0.717) is 4.47 Å². The van der Waals surface area contributed by atoms with Crippen molar-refractivity contribution in [1.82, 2.24) is 9.99 Å². The van der Waals surface area contributed by atoms with Gasteiger partial charge in [0.15, 0.2) is 4.47 Å². The van der Waals surface area contributed by atoms with Gasteiger partial charge in [-0.25, -0.2) is 4.98 Å². The molecule has 0 N–H and O–H groups in total. The van der Waals surface area contributed by atoms with Crippen LogP contribution in [0.2, 0.25) is 4.47 Å². The largest absolute Gasteiger partial charge is 0.269 e. The molecule has 6 heteroatoms. The number of rotatable bonds is 3. The molecule has 1 aromatic heterocycles. The number of aromatic nitrogens is 1. The Labute approximate surface area is 103 Å². The van der Waals surface area contributed by atoms with Gasteiger partial charge in [-0.3, -0.25) is 10.0 Å². The summed E-state index contributed by atoms with van der Waals surface area (Å²) in [6.07, 6.45) is 6.64. The third-order valence-corrected chi connectivity index (χ3v) is 3.56. The van der Waals surface area contributed by atoms with Crippen LogP contribution in [0.5, 0.6) is 0 Å². The quantitative estimate of drug-likeness (QED) is 0.777. The summed E-state index contributed by atoms with van der Waals surface area (Å²) in [4.78, 5) is 4.93. The second kappa shape index (κ2) is 4.47. The van der Waals surface area contributed by atoms with Gasteiger partial charge in [-0.05, 0) is 6.92 Å². The van der Waals surface area contributed by atoms with E-state index >= 15 is 0 Å². The molecule has 0 aliphatic carbocycles. The van der Waals surface area contributed by atoms with Crippen LogP contribution in [0.3, 0.4) is 0 Å². The van der Waals surface area contributed by atoms with Crippen molar-refractivity contribution in [3.05, 3.63) is 22.9 Å². The molecular weight excluding hydrogens is 250 g/mol. The molecule has 0 atom stereocenters. The van der Waals surface area contributed by atoms with Crippen molar-refractivity contribution in [2.45, 2.75) is 13.3 Å². The molecular formula is C9H10ClN3S2. The van der Waals surface area contributed by atoms with E-state index in [9.17, 15) is 0 Å². The second-order valence-corrected chi connectivity index (χ2v) is 5.06. The SMILES string of the molecule is CCN(c1cnc(Cl)s1)N1C=CCC1=S. The highest BCUT2D eigenvalue weighted by Crippen LogP contribution is 2.29. The fraction of sp³-hybridized carbons (Fsp3) is 0.333. The maximum Gasteiger partial charge on any atom is 0.185 e. The molecule has 0 spiro atoms. The van der Waals surface area contributed by atoms with Gasteiger partial charge in [-0.2, -0.15) is 0 Å². The van der Waals surface area contributed by atoms with E-state index in [2.05, 4.69) is 16.9 Å². The summed E-state index contributed by atoms with van der Waals surface area (Å²) in [7, 11) is 0. The van der Waals surface area contributed by atoms with E-state index < -0.39 is 0 Å². The third kappa shape index (κ3) is 2.14. The lowest BCUT2D eigenvalue weighted by molar-refractivity contribution is 0.527. The Morgan fingerprint density at radius 1 is 1.73 bits per heavy atom. The summed E-state index contributed by atoms with van der Waals surface area (Å²) in [6.45, 7) is 2.91. The average Bonchev–Trinajstić information content (AvgIpc) is 2.79. The van der Waals surface area contributed by atoms with Gasteiger partial charge in [-0.1, -0.05) is 41.2 Å². The minimum atomic E-state index is 0.553. The average molecular weight is 260 g/mol. The molecule has 0 amide bonds. The van der Waals surface area contributed by atoms with Crippen LogP contribution in [0, 0.1) is 0 Å². The van der Waals surface area contributed by atoms with Gasteiger partial charge >= 0.3 is 0 Å². The molecule has 0 saturated heterocycles. The monoisotopic (exact) mass is 259 g/mol. The normalized spacial score (nSPS) is 15.1. The zero-order valence-corrected chi connectivity index (χ0v) is 10.6. The van der Waals surface area contributed by atoms with E-state index in [4.69, 9.17) is 23.8 Å². The number of nitrogens with zero attached hydrogens (tertiary/aromatic N) is 3. The van der Waals surface area contributed by atoms with E-state index in [0.717, 1.165) is 23.0 Å². The first-order chi connectivity index (χ1) is 7.22. The molecule has 0 bridgehead atoms. The van der Waals surface area contributed by atoms with Crippen LogP contribution in [0.25, 0.3) is 0 Å². The van der Waals surface area contributed by atoms with Crippen LogP contribution in [0.4, 0.5) is 5.00 Å². The molecule has 1 aliphatic rings. The Morgan fingerprint density at radius 2 is 2.53 bits per heavy atom. The summed E-state index contributed by atoms with van der Waals surface area (Å²) in [5.74, 6) is 0. The van der Waals surface area contributed by atoms with Crippen LogP contribution in [-0.2, 0) is 0 Å². The number of hydrazine groups is 1. The zero-order valence-electron chi connectivity index (χ0n) is 8.18. The smallest absolute Gasteiger partial charge is 0.185 e. The van der Waals surface area contributed by atoms with Gasteiger partial charge in [0, 0.05) is 19.2 Å². The molecule has 3 nitrogen and oxygen atoms in total. The molecule has 0 unspecified atom stereocenters. The van der Waals surface area contributed by atoms with Gasteiger partial charge in [0.1, 0.15) is 9.99 Å². The fourth-order valence-electron chi connectivity index (χ4n) is 1.42. The summed E-state index contributed by atoms with van der Waals surface area (Å²) >= 11 is 12.5. The van der Waals surface area contributed by atoms with Crippen molar-refractivity contribution in [3.8, 4) is 0 Å². The first-order valence-corrected chi connectivity index (χ1v) is 6.20. The Balaban J connectivity index is 2.24. The Hall–Kier alpha value is -0.650. The summed E-state index contributed by atoms with van der Waals surface area (Å²) in [5, 5.41) is 5.05. The number of thiocarbonyl (C=S) groups is 1. The van der Waals surface area contributed by atoms with Crippen molar-refractivity contribution < 1.29 is 0 Å². The lowest BCUT2D eigenvalue weighted by Gasteiger charge is -2.30. The fourth-order valence-corrected chi connectivity index (χ4v) is 2.67. The summed E-state index contributed by atoms with van der Waals surface area (Å²) < 4.78 is 0.553. The molecule has 15 heavy (non-hydrogen) atoms. The van der Waals surface area contributed by atoms with Gasteiger partial charge < -0.3 is 0 Å². The molecule has 0 fully saturated rings. The first kappa shape index (κ1) is 10.9. The van der Waals surface area contributed by atoms with E-state index in [1.807, 2.05) is 17.3 Å². The molecule has 1 aromatic rings. The molecule has 0 saturated carbocycles. The predicted molar refractivity (Wildman–Crippen MR) is 68.3 cm³/mol. The molecule has 2 rings (SSSR count). The van der Waals surface area contributed by atoms with Gasteiger partial charge in [-0.15, -0.1) is 0 Å². The van der Waals surface area contributed by atoms with E-state index in [1.54, 1.807) is 6.20 Å². The molecule has 2 heterocycles. The standard InChI is InChI=1S/C9H10ClN3S2/c1-2-12(8-6-11-9(10)15-8)13-5-3-4-7(13)14/h3,5-6H,2,4H2,1H3. The highest BCUT2D eigenvalue weighted by atomic mass is 35.5. The maximum atomic E-state index is 5.82. The number of hydrogen-bond acceptors (Lipinski definition) is 4. The van der Waals surface area contributed by atoms with Crippen molar-refractivity contribution in [3.63, 3.8) is 0 Å². The van der Waals surface area contributed by atoms with Gasteiger partial charge in [0.2, 0.25) is 0 Å². The third-order valence-electron chi connectivity index (χ3n) is 2.07. The van der Waals surface area contributed by atoms with Crippen molar-refractivity contribution >= 4 is 45.1 Å². The summed E-state index contributed by atoms with van der Waals surface area (Å²) in [5.41, 5.74) is 0. The number of anilines is 1. The van der Waals surface area contributed by atoms with E-state index in [1.165, 1.54) is 11.3 Å². The van der Waals surface area contributed by atoms with Gasteiger partial charge in [0.25, 0.3) is 0 Å². The molecule has 1 aliphatic heterocycles. The van der Waals surface area contributed by atoms with Crippen LogP contribution < -0.4 is 5.01 Å². The predicted octanol–water partition coefficient (Wildman–Crippen LogP) is 3.08. The van der Waals surface area contributed by atoms with Crippen LogP contribution >= 0.6 is 35.2 Å². The van der Waals surface area contributed by atoms with Crippen molar-refractivity contribution in [2.75, 3.05) is 11.6 Å². The highest BCUT2D eigenvalue weighted by Gasteiger charge is 2.20. The molecule has 80 valence electrons. The van der Waals surface area contributed by atoms with Crippen LogP contribution in [0.15, 0.2) is 18.5 Å². The molecule has 0 aromatic carbocycles. The topological polar surface area (TPSA) is 19.4 Å². The Bertz CT molecular complexity index is 402. The lowest BCUT2D eigenvalue weighted by atomic mass is 10.5. The zero-order chi connectivity index (χ0) is 10.8. The van der Waals surface area contributed by atoms with Crippen LogP contribution in [0.1, 0.15) is 13.3 Å². The van der Waals surface area contributed by atoms with Crippen LogP contribution in [-0.4, -0.2) is 21.5 Å². The minimum Gasteiger partial charge on any atom is -0.269 e. The van der Waals surface area contributed by atoms with Crippen molar-refractivity contribution in [1.29, 1.82) is 0 Å². The Kier molecular flexibility index (Phi) is 3.23. The lowest BCUT2D eigenvalue weighted by Crippen LogP contribution is -2.39. The number of thiazole rings is 1. The van der Waals surface area contributed by atoms with Crippen molar-refractivity contribution in [2.24, 2.45) is 0 Å². The first-order valence-electron chi connectivity index (χ1n) is 4.60. The highest BCUT2D eigenvalue weighted by molar-refractivity contribution is 7.80. The minimum absolute atomic E-state index is 0.553. The van der Waals surface area contributed by atoms with E-state index in [-0.39, 0.29) is 0 Å². The second-order valence-electron chi connectivity index (χ2n) is 2.99. The van der Waals surface area contributed by atoms with Gasteiger partial charge in [0.05, 0.1) is 6.20 Å². The summed E-state index contributed by atoms with van der Waals surface area (Å²) in [6, 6.07) is 0. The maximum absolute atomic E-state index is 5.82. The number of halogens is 1. The Morgan fingerprint density at radius 3 is 3.00 bits per heavy atom.